The van der Waals surface area contributed by atoms with Gasteiger partial charge in [-0.15, -0.1) is 0 Å². The Morgan fingerprint density at radius 1 is 1.16 bits per heavy atom. The van der Waals surface area contributed by atoms with Crippen LogP contribution in [-0.2, 0) is 0 Å². The van der Waals surface area contributed by atoms with Gasteiger partial charge in [0.15, 0.2) is 0 Å². The highest BCUT2D eigenvalue weighted by Gasteiger charge is 2.13. The summed E-state index contributed by atoms with van der Waals surface area (Å²) in [5, 5.41) is 0. The second-order valence-corrected chi connectivity index (χ2v) is 4.53. The molecule has 1 aromatic carbocycles. The average molecular weight is 326 g/mol. The number of halogens is 2. The number of benzene rings is 1. The number of hydrogen-bond acceptors (Lipinski definition) is 2. The molecule has 98 valence electrons. The second-order valence-electron chi connectivity index (χ2n) is 3.62. The number of rotatable bonds is 2. The fraction of sp³-hybridized carbons (Fsp3) is 0. The van der Waals surface area contributed by atoms with E-state index in [4.69, 9.17) is 0 Å². The molecule has 0 saturated heterocycles. The van der Waals surface area contributed by atoms with Crippen LogP contribution in [-0.4, -0.2) is 16.8 Å². The van der Waals surface area contributed by atoms with Gasteiger partial charge < -0.3 is 4.98 Å². The van der Waals surface area contributed by atoms with Crippen LogP contribution in [0.25, 0.3) is 0 Å². The minimum atomic E-state index is -0.737. The molecule has 0 unspecified atom stereocenters. The lowest BCUT2D eigenvalue weighted by Gasteiger charge is -2.07. The van der Waals surface area contributed by atoms with Crippen molar-refractivity contribution in [2.45, 2.75) is 0 Å². The molecule has 19 heavy (non-hydrogen) atoms. The van der Waals surface area contributed by atoms with Crippen LogP contribution >= 0.6 is 15.9 Å². The fourth-order valence-corrected chi connectivity index (χ4v) is 1.75. The first-order valence-electron chi connectivity index (χ1n) is 5.27. The lowest BCUT2D eigenvalue weighted by Crippen LogP contribution is -2.42. The molecule has 2 aromatic rings. The molecule has 7 heteroatoms. The van der Waals surface area contributed by atoms with Crippen LogP contribution in [0.2, 0.25) is 0 Å². The molecule has 0 bridgehead atoms. The summed E-state index contributed by atoms with van der Waals surface area (Å²) >= 11 is 3.14. The molecule has 0 spiro atoms. The minimum Gasteiger partial charge on any atom is -0.357 e. The van der Waals surface area contributed by atoms with E-state index in [9.17, 15) is 14.0 Å². The Labute approximate surface area is 116 Å². The van der Waals surface area contributed by atoms with Crippen molar-refractivity contribution < 1.29 is 14.0 Å². The molecule has 2 amide bonds. The Balaban J connectivity index is 2.02. The van der Waals surface area contributed by atoms with E-state index < -0.39 is 17.6 Å². The minimum absolute atomic E-state index is 0.166. The largest absolute Gasteiger partial charge is 0.357 e. The first kappa shape index (κ1) is 13.3. The van der Waals surface area contributed by atoms with Gasteiger partial charge in [0, 0.05) is 10.7 Å². The quantitative estimate of drug-likeness (QED) is 0.739. The molecule has 0 aliphatic heterocycles. The number of amides is 2. The van der Waals surface area contributed by atoms with Crippen LogP contribution in [0.1, 0.15) is 20.8 Å². The third kappa shape index (κ3) is 3.19. The highest BCUT2D eigenvalue weighted by Crippen LogP contribution is 2.15. The second kappa shape index (κ2) is 5.66. The molecule has 0 atom stereocenters. The van der Waals surface area contributed by atoms with Crippen molar-refractivity contribution in [2.75, 3.05) is 0 Å². The molecular weight excluding hydrogens is 317 g/mol. The summed E-state index contributed by atoms with van der Waals surface area (Å²) in [7, 11) is 0. The molecule has 3 N–H and O–H groups in total. The SMILES string of the molecule is O=C(NNC(=O)c1cc(Br)ccc1F)c1ccc[nH]1. The molecule has 1 aromatic heterocycles. The number of carbonyl (C=O) groups excluding carboxylic acids is 2. The lowest BCUT2D eigenvalue weighted by atomic mass is 10.2. The highest BCUT2D eigenvalue weighted by atomic mass is 79.9. The van der Waals surface area contributed by atoms with Crippen molar-refractivity contribution in [3.63, 3.8) is 0 Å². The van der Waals surface area contributed by atoms with Crippen LogP contribution in [0.3, 0.4) is 0 Å². The number of hydrogen-bond donors (Lipinski definition) is 3. The smallest absolute Gasteiger partial charge is 0.286 e. The van der Waals surface area contributed by atoms with Gasteiger partial charge in [0.1, 0.15) is 11.5 Å². The van der Waals surface area contributed by atoms with Crippen molar-refractivity contribution >= 4 is 27.7 Å². The highest BCUT2D eigenvalue weighted by molar-refractivity contribution is 9.10. The molecule has 0 fully saturated rings. The monoisotopic (exact) mass is 325 g/mol. The Morgan fingerprint density at radius 3 is 2.58 bits per heavy atom. The number of carbonyl (C=O) groups is 2. The predicted molar refractivity (Wildman–Crippen MR) is 69.8 cm³/mol. The van der Waals surface area contributed by atoms with Gasteiger partial charge in [-0.2, -0.15) is 0 Å². The zero-order valence-electron chi connectivity index (χ0n) is 9.54. The van der Waals surface area contributed by atoms with Crippen LogP contribution in [0, 0.1) is 5.82 Å². The van der Waals surface area contributed by atoms with Crippen molar-refractivity contribution in [3.05, 3.63) is 58.1 Å². The lowest BCUT2D eigenvalue weighted by molar-refractivity contribution is 0.0842. The zero-order chi connectivity index (χ0) is 13.8. The topological polar surface area (TPSA) is 74.0 Å². The Hall–Kier alpha value is -2.15. The summed E-state index contributed by atoms with van der Waals surface area (Å²) in [6.07, 6.45) is 1.57. The maximum absolute atomic E-state index is 13.4. The summed E-state index contributed by atoms with van der Waals surface area (Å²) in [5.41, 5.74) is 4.44. The van der Waals surface area contributed by atoms with Crippen molar-refractivity contribution in [1.29, 1.82) is 0 Å². The van der Waals surface area contributed by atoms with Crippen molar-refractivity contribution in [2.24, 2.45) is 0 Å². The number of H-pyrrole nitrogens is 1. The van der Waals surface area contributed by atoms with E-state index in [-0.39, 0.29) is 11.3 Å². The molecule has 1 heterocycles. The normalized spacial score (nSPS) is 10.0. The van der Waals surface area contributed by atoms with E-state index in [0.29, 0.717) is 4.47 Å². The van der Waals surface area contributed by atoms with E-state index in [2.05, 4.69) is 31.8 Å². The van der Waals surface area contributed by atoms with Gasteiger partial charge in [0.2, 0.25) is 0 Å². The summed E-state index contributed by atoms with van der Waals surface area (Å²) in [6.45, 7) is 0. The van der Waals surface area contributed by atoms with Gasteiger partial charge >= 0.3 is 0 Å². The van der Waals surface area contributed by atoms with E-state index in [1.807, 2.05) is 0 Å². The molecule has 0 aliphatic rings. The maximum atomic E-state index is 13.4. The van der Waals surface area contributed by atoms with Crippen molar-refractivity contribution in [3.8, 4) is 0 Å². The van der Waals surface area contributed by atoms with E-state index in [0.717, 1.165) is 6.07 Å². The Kier molecular flexibility index (Phi) is 3.96. The first-order valence-corrected chi connectivity index (χ1v) is 6.06. The average Bonchev–Trinajstić information content (AvgIpc) is 2.92. The number of nitrogens with one attached hydrogen (secondary N) is 3. The predicted octanol–water partition coefficient (Wildman–Crippen LogP) is 1.99. The van der Waals surface area contributed by atoms with Gasteiger partial charge in [-0.05, 0) is 30.3 Å². The Bertz CT molecular complexity index is 613. The van der Waals surface area contributed by atoms with Crippen LogP contribution in [0.5, 0.6) is 0 Å². The van der Waals surface area contributed by atoms with Crippen LogP contribution in [0.15, 0.2) is 41.0 Å². The molecule has 5 nitrogen and oxygen atoms in total. The summed E-state index contributed by atoms with van der Waals surface area (Å²) in [4.78, 5) is 25.9. The standard InChI is InChI=1S/C12H9BrFN3O2/c13-7-3-4-9(14)8(6-7)11(18)16-17-12(19)10-2-1-5-15-10/h1-6,15H,(H,16,18)(H,17,19). The molecule has 0 radical (unpaired) electrons. The summed E-state index contributed by atoms with van der Waals surface area (Å²) in [6, 6.07) is 7.15. The third-order valence-corrected chi connectivity index (χ3v) is 2.80. The van der Waals surface area contributed by atoms with Gasteiger partial charge in [-0.3, -0.25) is 20.4 Å². The zero-order valence-corrected chi connectivity index (χ0v) is 11.1. The Morgan fingerprint density at radius 2 is 1.89 bits per heavy atom. The maximum Gasteiger partial charge on any atom is 0.286 e. The molecule has 0 aliphatic carbocycles. The van der Waals surface area contributed by atoms with E-state index >= 15 is 0 Å². The molecular formula is C12H9BrFN3O2. The van der Waals surface area contributed by atoms with Gasteiger partial charge in [-0.1, -0.05) is 15.9 Å². The third-order valence-electron chi connectivity index (χ3n) is 2.31. The number of aromatic amines is 1. The van der Waals surface area contributed by atoms with Gasteiger partial charge in [0.25, 0.3) is 11.8 Å². The van der Waals surface area contributed by atoms with E-state index in [1.165, 1.54) is 12.1 Å². The fourth-order valence-electron chi connectivity index (χ4n) is 1.39. The summed E-state index contributed by atoms with van der Waals surface area (Å²) in [5.74, 6) is -1.93. The summed E-state index contributed by atoms with van der Waals surface area (Å²) < 4.78 is 14.0. The van der Waals surface area contributed by atoms with Crippen molar-refractivity contribution in [1.82, 2.24) is 15.8 Å². The van der Waals surface area contributed by atoms with E-state index in [1.54, 1.807) is 18.3 Å². The first-order chi connectivity index (χ1) is 9.08. The van der Waals surface area contributed by atoms with Crippen LogP contribution < -0.4 is 10.9 Å². The molecule has 2 rings (SSSR count). The number of hydrazine groups is 1. The van der Waals surface area contributed by atoms with Crippen LogP contribution in [0.4, 0.5) is 4.39 Å². The number of aromatic nitrogens is 1. The van der Waals surface area contributed by atoms with Gasteiger partial charge in [-0.25, -0.2) is 4.39 Å². The molecule has 0 saturated carbocycles. The van der Waals surface area contributed by atoms with Gasteiger partial charge in [0.05, 0.1) is 5.56 Å².